The number of hydrogen-bond donors (Lipinski definition) is 3. The van der Waals surface area contributed by atoms with E-state index in [1.54, 1.807) is 34.6 Å². The van der Waals surface area contributed by atoms with E-state index in [2.05, 4.69) is 16.0 Å². The number of urea groups is 1. The first-order chi connectivity index (χ1) is 11.1. The second-order valence-electron chi connectivity index (χ2n) is 7.48. The van der Waals surface area contributed by atoms with E-state index >= 15 is 0 Å². The minimum absolute atomic E-state index is 0.223. The van der Waals surface area contributed by atoms with Crippen molar-refractivity contribution in [2.24, 2.45) is 17.3 Å². The highest BCUT2D eigenvalue weighted by atomic mass is 35.5. The summed E-state index contributed by atoms with van der Waals surface area (Å²) in [7, 11) is 0. The molecule has 0 radical (unpaired) electrons. The molecule has 3 N–H and O–H groups in total. The number of nitrogens with one attached hydrogen (secondary N) is 3. The average Bonchev–Trinajstić information content (AvgIpc) is 2.86. The van der Waals surface area contributed by atoms with Crippen LogP contribution in [0.15, 0.2) is 11.1 Å². The summed E-state index contributed by atoms with van der Waals surface area (Å²) in [5.41, 5.74) is -1.19. The van der Waals surface area contributed by atoms with E-state index in [9.17, 15) is 22.8 Å². The van der Waals surface area contributed by atoms with E-state index < -0.39 is 45.9 Å². The highest BCUT2D eigenvalue weighted by Gasteiger charge is 2.61. The minimum atomic E-state index is -4.65. The lowest BCUT2D eigenvalue weighted by Crippen LogP contribution is -2.51. The molecule has 5 nitrogen and oxygen atoms in total. The monoisotopic (exact) mass is 399 g/mol. The number of thiocarbonyl (C=S) groups is 1. The van der Waals surface area contributed by atoms with Crippen LogP contribution in [0.4, 0.5) is 18.0 Å². The molecule has 0 aromatic rings. The Balaban J connectivity index is 2.66. The van der Waals surface area contributed by atoms with Crippen LogP contribution >= 0.6 is 23.8 Å². The van der Waals surface area contributed by atoms with Gasteiger partial charge in [-0.15, -0.1) is 0 Å². The van der Waals surface area contributed by atoms with E-state index in [4.69, 9.17) is 23.8 Å². The topological polar surface area (TPSA) is 70.2 Å². The third-order valence-corrected chi connectivity index (χ3v) is 4.29. The van der Waals surface area contributed by atoms with Crippen molar-refractivity contribution in [1.82, 2.24) is 16.0 Å². The van der Waals surface area contributed by atoms with Gasteiger partial charge in [0.05, 0.1) is 5.92 Å². The van der Waals surface area contributed by atoms with Crippen molar-refractivity contribution in [1.29, 1.82) is 0 Å². The minimum Gasteiger partial charge on any atom is -0.333 e. The van der Waals surface area contributed by atoms with E-state index in [1.165, 1.54) is 0 Å². The van der Waals surface area contributed by atoms with Gasteiger partial charge in [0.25, 0.3) is 0 Å². The van der Waals surface area contributed by atoms with Gasteiger partial charge < -0.3 is 10.6 Å². The molecular formula is C15H21ClF3N3O2S. The van der Waals surface area contributed by atoms with Crippen LogP contribution in [-0.4, -0.2) is 28.8 Å². The molecule has 1 rings (SSSR count). The van der Waals surface area contributed by atoms with Crippen LogP contribution in [0.3, 0.4) is 0 Å². The van der Waals surface area contributed by atoms with Crippen molar-refractivity contribution < 1.29 is 22.8 Å². The molecule has 1 aliphatic rings. The summed E-state index contributed by atoms with van der Waals surface area (Å²) in [5.74, 6) is -1.97. The Morgan fingerprint density at radius 3 is 2.12 bits per heavy atom. The summed E-state index contributed by atoms with van der Waals surface area (Å²) in [6.45, 7) is 8.61. The maximum absolute atomic E-state index is 12.5. The Labute approximate surface area is 154 Å². The van der Waals surface area contributed by atoms with Gasteiger partial charge in [0, 0.05) is 5.54 Å². The van der Waals surface area contributed by atoms with E-state index in [0.29, 0.717) is 0 Å². The number of amides is 3. The molecule has 142 valence electrons. The molecule has 1 fully saturated rings. The van der Waals surface area contributed by atoms with Gasteiger partial charge in [-0.25, -0.2) is 4.79 Å². The number of rotatable bonds is 2. The fraction of sp³-hybridized carbons (Fsp3) is 0.667. The zero-order valence-corrected chi connectivity index (χ0v) is 16.0. The molecule has 0 saturated heterocycles. The van der Waals surface area contributed by atoms with Crippen LogP contribution in [0.2, 0.25) is 0 Å². The van der Waals surface area contributed by atoms with Gasteiger partial charge in [0.2, 0.25) is 5.91 Å². The molecule has 0 heterocycles. The molecule has 0 spiro atoms. The van der Waals surface area contributed by atoms with Crippen molar-refractivity contribution in [3.8, 4) is 0 Å². The van der Waals surface area contributed by atoms with Gasteiger partial charge in [-0.1, -0.05) is 31.5 Å². The third-order valence-electron chi connectivity index (χ3n) is 3.74. The molecule has 2 atom stereocenters. The van der Waals surface area contributed by atoms with Crippen molar-refractivity contribution in [3.63, 3.8) is 0 Å². The molecule has 0 aromatic heterocycles. The maximum Gasteiger partial charge on any atom is 0.426 e. The zero-order chi connectivity index (χ0) is 19.8. The number of alkyl halides is 3. The molecule has 0 aromatic carbocycles. The summed E-state index contributed by atoms with van der Waals surface area (Å²) < 4.78 is 37.6. The van der Waals surface area contributed by atoms with Gasteiger partial charge in [-0.2, -0.15) is 13.2 Å². The first-order valence-corrected chi connectivity index (χ1v) is 8.23. The number of carbonyl (C=O) groups is 2. The molecule has 3 amide bonds. The molecular weight excluding hydrogens is 379 g/mol. The quantitative estimate of drug-likeness (QED) is 0.623. The molecule has 0 unspecified atom stereocenters. The van der Waals surface area contributed by atoms with Crippen molar-refractivity contribution >= 4 is 40.9 Å². The maximum atomic E-state index is 12.5. The van der Waals surface area contributed by atoms with Crippen molar-refractivity contribution in [2.75, 3.05) is 0 Å². The van der Waals surface area contributed by atoms with E-state index in [-0.39, 0.29) is 5.11 Å². The van der Waals surface area contributed by atoms with Crippen LogP contribution in [0.5, 0.6) is 0 Å². The average molecular weight is 400 g/mol. The molecule has 0 aliphatic heterocycles. The summed E-state index contributed by atoms with van der Waals surface area (Å²) >= 11 is 10.1. The predicted octanol–water partition coefficient (Wildman–Crippen LogP) is 3.44. The first-order valence-electron chi connectivity index (χ1n) is 7.44. The van der Waals surface area contributed by atoms with Crippen LogP contribution in [0, 0.1) is 17.3 Å². The molecule has 1 aliphatic carbocycles. The van der Waals surface area contributed by atoms with E-state index in [0.717, 1.165) is 6.08 Å². The lowest BCUT2D eigenvalue weighted by atomic mass is 10.1. The summed E-state index contributed by atoms with van der Waals surface area (Å²) in [6, 6.07) is -0.593. The third kappa shape index (κ3) is 6.14. The second kappa shape index (κ2) is 7.11. The van der Waals surface area contributed by atoms with Crippen LogP contribution in [0.25, 0.3) is 0 Å². The largest absolute Gasteiger partial charge is 0.426 e. The van der Waals surface area contributed by atoms with Gasteiger partial charge in [-0.3, -0.25) is 10.1 Å². The second-order valence-corrected chi connectivity index (χ2v) is 8.30. The SMILES string of the molecule is CC(C)(C)NC(=O)NC(=S)NC(=O)[C@@H]1[C@H](/C=C(\Cl)C(F)(F)F)C1(C)C. The Morgan fingerprint density at radius 2 is 1.68 bits per heavy atom. The summed E-state index contributed by atoms with van der Waals surface area (Å²) in [6.07, 6.45) is -3.81. The molecule has 10 heteroatoms. The summed E-state index contributed by atoms with van der Waals surface area (Å²) in [4.78, 5) is 23.9. The standard InChI is InChI=1S/C15H21ClF3N3O2S/c1-13(2,3)22-11(24)21-12(25)20-10(23)9-7(14(9,4)5)6-8(16)15(17,18)19/h6-7,9H,1-5H3,(H3,20,21,22,23,24,25)/b8-6-/t7-,9-/m0/s1. The molecule has 1 saturated carbocycles. The van der Waals surface area contributed by atoms with Crippen molar-refractivity contribution in [2.45, 2.75) is 46.3 Å². The lowest BCUT2D eigenvalue weighted by Gasteiger charge is -2.21. The Bertz CT molecular complexity index is 612. The highest BCUT2D eigenvalue weighted by molar-refractivity contribution is 7.80. The number of hydrogen-bond acceptors (Lipinski definition) is 3. The number of halogens is 4. The zero-order valence-electron chi connectivity index (χ0n) is 14.5. The fourth-order valence-electron chi connectivity index (χ4n) is 2.44. The number of carbonyl (C=O) groups excluding carboxylic acids is 2. The smallest absolute Gasteiger partial charge is 0.333 e. The first kappa shape index (κ1) is 21.7. The predicted molar refractivity (Wildman–Crippen MR) is 92.9 cm³/mol. The normalized spacial score (nSPS) is 22.8. The molecule has 0 bridgehead atoms. The van der Waals surface area contributed by atoms with Gasteiger partial charge in [0.1, 0.15) is 5.03 Å². The van der Waals surface area contributed by atoms with Gasteiger partial charge in [0.15, 0.2) is 5.11 Å². The molecule has 25 heavy (non-hydrogen) atoms. The lowest BCUT2D eigenvalue weighted by molar-refractivity contribution is -0.121. The fourth-order valence-corrected chi connectivity index (χ4v) is 2.77. The van der Waals surface area contributed by atoms with Gasteiger partial charge >= 0.3 is 12.2 Å². The van der Waals surface area contributed by atoms with E-state index in [1.807, 2.05) is 0 Å². The van der Waals surface area contributed by atoms with Gasteiger partial charge in [-0.05, 0) is 44.3 Å². The van der Waals surface area contributed by atoms with Crippen LogP contribution in [0.1, 0.15) is 34.6 Å². The Hall–Kier alpha value is -1.35. The van der Waals surface area contributed by atoms with Crippen LogP contribution in [-0.2, 0) is 4.79 Å². The Kier molecular flexibility index (Phi) is 6.17. The highest BCUT2D eigenvalue weighted by Crippen LogP contribution is 2.60. The van der Waals surface area contributed by atoms with Crippen LogP contribution < -0.4 is 16.0 Å². The van der Waals surface area contributed by atoms with Crippen molar-refractivity contribution in [3.05, 3.63) is 11.1 Å². The Morgan fingerprint density at radius 1 is 1.16 bits per heavy atom. The number of allylic oxidation sites excluding steroid dienone is 2. The summed E-state index contributed by atoms with van der Waals surface area (Å²) in [5, 5.41) is 5.72.